The van der Waals surface area contributed by atoms with Crippen molar-refractivity contribution in [2.75, 3.05) is 9.80 Å². The minimum atomic E-state index is -0.378. The van der Waals surface area contributed by atoms with Crippen LogP contribution < -0.4 is 26.2 Å². The Morgan fingerprint density at radius 3 is 0.856 bits per heavy atom. The molecule has 125 heavy (non-hydrogen) atoms. The Bertz CT molecular complexity index is 6760. The smallest absolute Gasteiger partial charge is 0.252 e. The van der Waals surface area contributed by atoms with Crippen LogP contribution in [0.4, 0.5) is 34.1 Å². The molecule has 0 radical (unpaired) electrons. The van der Waals surface area contributed by atoms with Crippen molar-refractivity contribution < 1.29 is 0 Å². The first kappa shape index (κ1) is 84.2. The lowest BCUT2D eigenvalue weighted by atomic mass is 9.33. The number of anilines is 6. The summed E-state index contributed by atoms with van der Waals surface area (Å²) in [5.41, 5.74) is 39.6. The van der Waals surface area contributed by atoms with E-state index in [9.17, 15) is 0 Å². The second-order valence-electron chi connectivity index (χ2n) is 45.7. The summed E-state index contributed by atoms with van der Waals surface area (Å²) in [6, 6.07) is 111. The van der Waals surface area contributed by atoms with Crippen molar-refractivity contribution in [1.29, 1.82) is 0 Å². The van der Waals surface area contributed by atoms with Gasteiger partial charge >= 0.3 is 0 Å². The molecule has 4 nitrogen and oxygen atoms in total. The summed E-state index contributed by atoms with van der Waals surface area (Å²) in [5.74, 6) is 0. The molecule has 630 valence electrons. The molecule has 16 aromatic rings. The van der Waals surface area contributed by atoms with Crippen LogP contribution in [-0.4, -0.2) is 15.8 Å². The minimum absolute atomic E-state index is 0.0713. The van der Waals surface area contributed by atoms with Gasteiger partial charge in [0.05, 0.1) is 33.4 Å². The highest BCUT2D eigenvalue weighted by Crippen LogP contribution is 2.57. The number of hydrogen-bond acceptors (Lipinski definition) is 2. The van der Waals surface area contributed by atoms with E-state index in [4.69, 9.17) is 0 Å². The highest BCUT2D eigenvalue weighted by atomic mass is 15.2. The number of para-hydroxylation sites is 3. The van der Waals surface area contributed by atoms with Crippen LogP contribution in [0, 0.1) is 0 Å². The molecule has 0 bridgehead atoms. The van der Waals surface area contributed by atoms with Gasteiger partial charge in [0, 0.05) is 77.9 Å². The van der Waals surface area contributed by atoms with Crippen molar-refractivity contribution in [2.24, 2.45) is 0 Å². The van der Waals surface area contributed by atoms with Gasteiger partial charge in [0.1, 0.15) is 0 Å². The van der Waals surface area contributed by atoms with Gasteiger partial charge in [-0.15, -0.1) is 0 Å². The van der Waals surface area contributed by atoms with Crippen LogP contribution >= 0.6 is 0 Å². The predicted molar refractivity (Wildman–Crippen MR) is 545 cm³/mol. The predicted octanol–water partition coefficient (Wildman–Crippen LogP) is 32.0. The summed E-state index contributed by atoms with van der Waals surface area (Å²) in [5, 5.41) is 4.89. The summed E-state index contributed by atoms with van der Waals surface area (Å²) in [4.78, 5) is 5.61. The molecule has 0 spiro atoms. The van der Waals surface area contributed by atoms with Crippen LogP contribution in [0.5, 0.6) is 0 Å². The summed E-state index contributed by atoms with van der Waals surface area (Å²) < 4.78 is 5.07. The van der Waals surface area contributed by atoms with Gasteiger partial charge < -0.3 is 18.9 Å². The molecule has 18 rings (SSSR count). The van der Waals surface area contributed by atoms with Gasteiger partial charge in [-0.1, -0.05) is 375 Å². The van der Waals surface area contributed by atoms with Crippen LogP contribution in [-0.2, 0) is 48.7 Å². The maximum absolute atomic E-state index is 2.81. The first-order chi connectivity index (χ1) is 58.7. The summed E-state index contributed by atoms with van der Waals surface area (Å²) in [6.07, 6.45) is 0. The zero-order valence-corrected chi connectivity index (χ0v) is 79.4. The molecule has 4 heterocycles. The van der Waals surface area contributed by atoms with E-state index in [0.29, 0.717) is 0 Å². The number of rotatable bonds is 9. The zero-order chi connectivity index (χ0) is 88.9. The Balaban J connectivity index is 1.04. The third-order valence-electron chi connectivity index (χ3n) is 27.3. The molecule has 2 aromatic heterocycles. The second-order valence-corrected chi connectivity index (χ2v) is 45.7. The number of aromatic nitrogens is 2. The number of fused-ring (bicyclic) bond motifs is 10. The number of nitrogens with zero attached hydrogens (tertiary/aromatic N) is 4. The first-order valence-corrected chi connectivity index (χ1v) is 45.7. The monoisotopic (exact) mass is 1640 g/mol. The normalized spacial score (nSPS) is 13.7. The van der Waals surface area contributed by atoms with E-state index in [1.54, 1.807) is 0 Å². The zero-order valence-electron chi connectivity index (χ0n) is 79.4. The van der Waals surface area contributed by atoms with E-state index in [1.165, 1.54) is 160 Å². The first-order valence-electron chi connectivity index (χ1n) is 45.7. The maximum atomic E-state index is 2.81. The standard InChI is InChI=1S/C120H127BN4/c1-112(2,3)80-50-41-74(42-51-80)93-65-86(118(19,20)21)66-94(75-43-52-81(53-44-75)113(4,5)6)110(93)124-105-63-78(79-61-84(116(13,14)15)64-85(62-79)117(16,17)18)49-59-99(105)121-100-60-58-90(123-102-40-34-32-38-92(102)98-72-97-91-37-31-33-39-101(91)122(103(97)73-104(98)123)89-35-29-28-30-36-89)71-106(100)125(108-70-88(120(25,26)27)69-107(124)109(108)121)111-95(76-45-54-82(55-46-76)114(7,8)9)67-87(119(22,23)24)68-96(111)77-47-56-83(57-48-77)115(10,11)12/h28-73H,1-27H3. The van der Waals surface area contributed by atoms with Crippen molar-refractivity contribution in [3.63, 3.8) is 0 Å². The van der Waals surface area contributed by atoms with Crippen LogP contribution in [0.25, 0.3) is 111 Å². The van der Waals surface area contributed by atoms with Gasteiger partial charge in [-0.2, -0.15) is 0 Å². The molecule has 0 fully saturated rings. The quantitative estimate of drug-likeness (QED) is 0.134. The fraction of sp³-hybridized carbons (Fsp3) is 0.300. The molecular weight excluding hydrogens is 1510 g/mol. The summed E-state index contributed by atoms with van der Waals surface area (Å²) in [6.45, 7) is 63.7. The second kappa shape index (κ2) is 29.5. The van der Waals surface area contributed by atoms with Gasteiger partial charge in [0.2, 0.25) is 0 Å². The lowest BCUT2D eigenvalue weighted by Gasteiger charge is -2.47. The Morgan fingerprint density at radius 1 is 0.192 bits per heavy atom. The SMILES string of the molecule is CC(C)(C)c1ccc(-c2cc(C(C)(C)C)cc(-c3ccc(C(C)(C)C)cc3)c2N2c3cc(-c4cc(C(C)(C)C)cc(C(C)(C)C)c4)ccc3B3c4ccc(-n5c6ccccc6c6cc7c8ccccc8n(-c8ccccc8)c7cc65)cc4N(c4c(-c5ccc(C(C)(C)C)cc5)cc(C(C)(C)C)cc4-c4ccc(C(C)(C)C)cc4)c4cc(C(C)(C)C)cc2c43)cc1. The highest BCUT2D eigenvalue weighted by molar-refractivity contribution is 7.00. The fourth-order valence-electron chi connectivity index (χ4n) is 19.5. The van der Waals surface area contributed by atoms with Crippen molar-refractivity contribution in [3.05, 3.63) is 329 Å². The molecule has 0 N–H and O–H groups in total. The third-order valence-corrected chi connectivity index (χ3v) is 27.3. The maximum Gasteiger partial charge on any atom is 0.252 e. The van der Waals surface area contributed by atoms with Crippen molar-refractivity contribution in [1.82, 2.24) is 9.13 Å². The number of benzene rings is 14. The number of hydrogen-bond donors (Lipinski definition) is 0. The Kier molecular flexibility index (Phi) is 19.9. The van der Waals surface area contributed by atoms with Crippen LogP contribution in [0.2, 0.25) is 0 Å². The van der Waals surface area contributed by atoms with Gasteiger partial charge in [-0.3, -0.25) is 0 Å². The molecule has 0 saturated carbocycles. The van der Waals surface area contributed by atoms with Crippen molar-refractivity contribution in [2.45, 2.75) is 236 Å². The third kappa shape index (κ3) is 15.0. The average Bonchev–Trinajstić information content (AvgIpc) is 0.931. The molecule has 14 aromatic carbocycles. The summed E-state index contributed by atoms with van der Waals surface area (Å²) >= 11 is 0. The fourth-order valence-corrected chi connectivity index (χ4v) is 19.5. The Labute approximate surface area is 746 Å². The Morgan fingerprint density at radius 2 is 0.496 bits per heavy atom. The minimum Gasteiger partial charge on any atom is -0.310 e. The Hall–Kier alpha value is -11.7. The van der Waals surface area contributed by atoms with Crippen LogP contribution in [0.1, 0.15) is 237 Å². The van der Waals surface area contributed by atoms with E-state index in [2.05, 4.69) is 485 Å². The molecule has 2 aliphatic rings. The lowest BCUT2D eigenvalue weighted by Crippen LogP contribution is -2.61. The van der Waals surface area contributed by atoms with E-state index >= 15 is 0 Å². The lowest BCUT2D eigenvalue weighted by molar-refractivity contribution is 0.569. The van der Waals surface area contributed by atoms with Crippen LogP contribution in [0.3, 0.4) is 0 Å². The average molecular weight is 1640 g/mol. The molecule has 0 atom stereocenters. The van der Waals surface area contributed by atoms with Crippen molar-refractivity contribution in [3.8, 4) is 67.0 Å². The molecular formula is C120H127BN4. The van der Waals surface area contributed by atoms with E-state index in [0.717, 1.165) is 50.8 Å². The molecule has 5 heteroatoms. The van der Waals surface area contributed by atoms with Gasteiger partial charge in [-0.25, -0.2) is 0 Å². The van der Waals surface area contributed by atoms with E-state index < -0.39 is 0 Å². The van der Waals surface area contributed by atoms with Gasteiger partial charge in [0.15, 0.2) is 0 Å². The molecule has 2 aliphatic heterocycles. The van der Waals surface area contributed by atoms with E-state index in [-0.39, 0.29) is 55.4 Å². The van der Waals surface area contributed by atoms with Crippen molar-refractivity contribution >= 4 is 101 Å². The molecule has 0 saturated heterocycles. The van der Waals surface area contributed by atoms with Gasteiger partial charge in [0.25, 0.3) is 6.71 Å². The van der Waals surface area contributed by atoms with E-state index in [1.807, 2.05) is 0 Å². The topological polar surface area (TPSA) is 16.3 Å². The molecule has 0 unspecified atom stereocenters. The molecule has 0 amide bonds. The molecule has 0 aliphatic carbocycles. The van der Waals surface area contributed by atoms with Crippen LogP contribution in [0.15, 0.2) is 279 Å². The van der Waals surface area contributed by atoms with Gasteiger partial charge in [-0.05, 0) is 240 Å². The largest absolute Gasteiger partial charge is 0.310 e. The highest BCUT2D eigenvalue weighted by Gasteiger charge is 2.47. The summed E-state index contributed by atoms with van der Waals surface area (Å²) in [7, 11) is 0.